The molecule has 1 fully saturated rings. The highest BCUT2D eigenvalue weighted by molar-refractivity contribution is 6.62. The third-order valence-corrected chi connectivity index (χ3v) is 10.6. The van der Waals surface area contributed by atoms with Crippen molar-refractivity contribution in [3.8, 4) is 18.2 Å². The van der Waals surface area contributed by atoms with E-state index in [0.29, 0.717) is 22.6 Å². The molecule has 15 heteroatoms. The molecule has 64 heavy (non-hydrogen) atoms. The highest BCUT2D eigenvalue weighted by Gasteiger charge is 2.52. The van der Waals surface area contributed by atoms with Gasteiger partial charge in [-0.3, -0.25) is 19.7 Å². The van der Waals surface area contributed by atoms with E-state index in [1.54, 1.807) is 58.3 Å². The van der Waals surface area contributed by atoms with Gasteiger partial charge in [0.05, 0.1) is 68.3 Å². The molecule has 0 bridgehead atoms. The number of halogens is 1. The Morgan fingerprint density at radius 2 is 1.06 bits per heavy atom. The molecule has 5 heterocycles. The van der Waals surface area contributed by atoms with Crippen molar-refractivity contribution in [2.45, 2.75) is 117 Å². The van der Waals surface area contributed by atoms with Crippen LogP contribution in [-0.2, 0) is 25.6 Å². The van der Waals surface area contributed by atoms with Crippen molar-refractivity contribution in [1.82, 2.24) is 19.9 Å². The summed E-state index contributed by atoms with van der Waals surface area (Å²) in [5.74, 6) is -1.69. The van der Waals surface area contributed by atoms with E-state index in [1.165, 1.54) is 30.6 Å². The van der Waals surface area contributed by atoms with Crippen molar-refractivity contribution in [2.24, 2.45) is 0 Å². The quantitative estimate of drug-likeness (QED) is 0.116. The van der Waals surface area contributed by atoms with Crippen LogP contribution in [0.1, 0.15) is 124 Å². The van der Waals surface area contributed by atoms with Crippen LogP contribution in [0.15, 0.2) is 91.5 Å². The molecule has 332 valence electrons. The number of hydrogen-bond acceptors (Lipinski definition) is 11. The standard InChI is InChI=1S/C23H28BN3O3.C10H10N2O2.C10H12N2.C6H6FN/c1-15-8-9-17(13-18(15)24-29-22(4,5)23(6,7)30-24)27-20(28)16-10-11-26-19(12-16)21(2,3)14-25;1-10(2,6-11)8-5-7(9(13)14)3-4-12-8;1-8-4-5-12-9(6-8)10(2,3)7-11;1-5-2-3-8-6(7)4-5/h8-13H,1-7H3,(H,27,28);3-5H,1-2H3,(H,13,14);4-6H,1-3H3;2-4H,1H3. The zero-order chi connectivity index (χ0) is 48.3. The number of anilines is 1. The molecular weight excluding hydrogens is 810 g/mol. The molecule has 0 atom stereocenters. The molecule has 0 radical (unpaired) electrons. The predicted molar refractivity (Wildman–Crippen MR) is 244 cm³/mol. The minimum atomic E-state index is -1.01. The molecule has 1 aromatic carbocycles. The van der Waals surface area contributed by atoms with Gasteiger partial charge >= 0.3 is 13.1 Å². The second-order valence-electron chi connectivity index (χ2n) is 17.9. The maximum atomic E-state index is 12.8. The van der Waals surface area contributed by atoms with Gasteiger partial charge in [0, 0.05) is 36.0 Å². The van der Waals surface area contributed by atoms with E-state index >= 15 is 0 Å². The first kappa shape index (κ1) is 51.5. The fraction of sp³-hybridized carbons (Fsp3) is 0.367. The molecule has 1 saturated heterocycles. The number of hydrogen-bond donors (Lipinski definition) is 2. The molecule has 13 nitrogen and oxygen atoms in total. The van der Waals surface area contributed by atoms with Crippen LogP contribution in [0.2, 0.25) is 0 Å². The van der Waals surface area contributed by atoms with Crippen LogP contribution in [0, 0.1) is 60.7 Å². The monoisotopic (exact) mass is 866 g/mol. The smallest absolute Gasteiger partial charge is 0.478 e. The summed E-state index contributed by atoms with van der Waals surface area (Å²) in [6.07, 6.45) is 6.14. The maximum Gasteiger partial charge on any atom is 0.495 e. The summed E-state index contributed by atoms with van der Waals surface area (Å²) in [5.41, 5.74) is 4.16. The molecule has 1 amide bonds. The number of nitriles is 3. The Morgan fingerprint density at radius 1 is 0.641 bits per heavy atom. The van der Waals surface area contributed by atoms with Crippen LogP contribution < -0.4 is 10.8 Å². The molecule has 1 aliphatic rings. The largest absolute Gasteiger partial charge is 0.495 e. The first-order chi connectivity index (χ1) is 29.7. The lowest BCUT2D eigenvalue weighted by molar-refractivity contribution is 0.00578. The van der Waals surface area contributed by atoms with Gasteiger partial charge in [-0.05, 0) is 167 Å². The zero-order valence-electron chi connectivity index (χ0n) is 38.8. The summed E-state index contributed by atoms with van der Waals surface area (Å²) >= 11 is 0. The molecule has 0 saturated carbocycles. The van der Waals surface area contributed by atoms with Gasteiger partial charge in [-0.2, -0.15) is 20.2 Å². The Hall–Kier alpha value is -6.86. The Morgan fingerprint density at radius 3 is 1.48 bits per heavy atom. The third-order valence-electron chi connectivity index (χ3n) is 10.6. The molecule has 5 aromatic rings. The van der Waals surface area contributed by atoms with Crippen LogP contribution in [0.5, 0.6) is 0 Å². The molecule has 4 aromatic heterocycles. The van der Waals surface area contributed by atoms with Crippen molar-refractivity contribution >= 4 is 30.1 Å². The van der Waals surface area contributed by atoms with Crippen LogP contribution in [0.3, 0.4) is 0 Å². The highest BCUT2D eigenvalue weighted by atomic mass is 19.1. The molecule has 0 spiro atoms. The first-order valence-corrected chi connectivity index (χ1v) is 20.4. The van der Waals surface area contributed by atoms with E-state index in [1.807, 2.05) is 92.6 Å². The van der Waals surface area contributed by atoms with Gasteiger partial charge in [0.15, 0.2) is 0 Å². The Kier molecular flexibility index (Phi) is 16.9. The van der Waals surface area contributed by atoms with Crippen LogP contribution >= 0.6 is 0 Å². The highest BCUT2D eigenvalue weighted by Crippen LogP contribution is 2.37. The van der Waals surface area contributed by atoms with E-state index in [0.717, 1.165) is 27.8 Å². The topological polar surface area (TPSA) is 208 Å². The molecule has 1 aliphatic heterocycles. The number of benzene rings is 1. The molecule has 0 unspecified atom stereocenters. The summed E-state index contributed by atoms with van der Waals surface area (Å²) in [7, 11) is -0.504. The number of carbonyl (C=O) groups excluding carboxylic acids is 1. The number of aromatic nitrogens is 4. The second kappa shape index (κ2) is 21.0. The number of nitrogens with one attached hydrogen (secondary N) is 1. The maximum absolute atomic E-state index is 12.8. The van der Waals surface area contributed by atoms with Gasteiger partial charge < -0.3 is 19.7 Å². The van der Waals surface area contributed by atoms with Crippen LogP contribution in [-0.4, -0.2) is 55.2 Å². The minimum Gasteiger partial charge on any atom is -0.478 e. The molecule has 2 N–H and O–H groups in total. The van der Waals surface area contributed by atoms with Gasteiger partial charge in [-0.1, -0.05) is 11.6 Å². The molecule has 6 rings (SSSR count). The van der Waals surface area contributed by atoms with Crippen LogP contribution in [0.25, 0.3) is 0 Å². The van der Waals surface area contributed by atoms with Crippen molar-refractivity contribution in [3.63, 3.8) is 0 Å². The summed E-state index contributed by atoms with van der Waals surface area (Å²) < 4.78 is 24.4. The summed E-state index contributed by atoms with van der Waals surface area (Å²) in [6.45, 7) is 24.5. The normalized spacial score (nSPS) is 13.7. The average Bonchev–Trinajstić information content (AvgIpc) is 3.47. The van der Waals surface area contributed by atoms with Gasteiger partial charge in [-0.25, -0.2) is 9.78 Å². The lowest BCUT2D eigenvalue weighted by Gasteiger charge is -2.32. The van der Waals surface area contributed by atoms with Gasteiger partial charge in [0.2, 0.25) is 5.95 Å². The summed E-state index contributed by atoms with van der Waals surface area (Å²) in [6, 6.07) is 25.3. The van der Waals surface area contributed by atoms with E-state index in [-0.39, 0.29) is 11.5 Å². The van der Waals surface area contributed by atoms with E-state index in [4.69, 9.17) is 24.9 Å². The second-order valence-corrected chi connectivity index (χ2v) is 17.9. The van der Waals surface area contributed by atoms with Crippen molar-refractivity contribution < 1.29 is 28.4 Å². The van der Waals surface area contributed by atoms with E-state index < -0.39 is 46.5 Å². The predicted octanol–water partition coefficient (Wildman–Crippen LogP) is 9.04. The molecular formula is C49H56BFN8O5. The number of aryl methyl sites for hydroxylation is 3. The number of carboxylic acids is 1. The number of carbonyl (C=O) groups is 2. The third kappa shape index (κ3) is 13.8. The number of nitrogens with zero attached hydrogens (tertiary/aromatic N) is 7. The Bertz CT molecular complexity index is 2560. The van der Waals surface area contributed by atoms with Crippen molar-refractivity contribution in [2.75, 3.05) is 5.32 Å². The Labute approximate surface area is 376 Å². The van der Waals surface area contributed by atoms with Crippen molar-refractivity contribution in [1.29, 1.82) is 15.8 Å². The number of carboxylic acid groups (broad SMARTS) is 1. The summed E-state index contributed by atoms with van der Waals surface area (Å²) in [5, 5.41) is 38.7. The van der Waals surface area contributed by atoms with Crippen molar-refractivity contribution in [3.05, 3.63) is 142 Å². The Balaban J connectivity index is 0.000000263. The lowest BCUT2D eigenvalue weighted by atomic mass is 9.76. The van der Waals surface area contributed by atoms with E-state index in [2.05, 4.69) is 43.5 Å². The number of aromatic carboxylic acids is 1. The van der Waals surface area contributed by atoms with Crippen LogP contribution in [0.4, 0.5) is 10.1 Å². The fourth-order valence-electron chi connectivity index (χ4n) is 5.51. The SMILES string of the molecule is CC(C)(C#N)c1cc(C(=O)O)ccn1.Cc1ccc(NC(=O)c2ccnc(C(C)(C)C#N)c2)cc1B1OC(C)(C)C(C)(C)O1.Cc1ccnc(C(C)(C)C#N)c1.Cc1ccnc(F)c1. The minimum absolute atomic E-state index is 0.151. The number of pyridine rings is 4. The number of amides is 1. The zero-order valence-corrected chi connectivity index (χ0v) is 38.8. The van der Waals surface area contributed by atoms with E-state index in [9.17, 15) is 19.2 Å². The van der Waals surface area contributed by atoms with Gasteiger partial charge in [0.1, 0.15) is 0 Å². The lowest BCUT2D eigenvalue weighted by Crippen LogP contribution is -2.41. The first-order valence-electron chi connectivity index (χ1n) is 20.4. The fourth-order valence-corrected chi connectivity index (χ4v) is 5.51. The van der Waals surface area contributed by atoms with Gasteiger partial charge in [-0.15, -0.1) is 0 Å². The summed E-state index contributed by atoms with van der Waals surface area (Å²) in [4.78, 5) is 39.2. The van der Waals surface area contributed by atoms with Gasteiger partial charge in [0.25, 0.3) is 5.91 Å². The average molecular weight is 867 g/mol. The molecule has 0 aliphatic carbocycles. The number of rotatable bonds is 7.